The highest BCUT2D eigenvalue weighted by atomic mass is 16.5. The highest BCUT2D eigenvalue weighted by Gasteiger charge is 2.46. The first-order chi connectivity index (χ1) is 42.5. The number of ether oxygens (including phenoxy) is 2. The van der Waals surface area contributed by atoms with Gasteiger partial charge in [0.05, 0.1) is 25.7 Å². The summed E-state index contributed by atoms with van der Waals surface area (Å²) < 4.78 is 10.7. The number of nitrogens with one attached hydrogen (secondary N) is 3. The number of rotatable bonds is 38. The second-order valence-corrected chi connectivity index (χ2v) is 27.1. The topological polar surface area (TPSA) is 308 Å². The number of carbonyl (C=O) groups excluding carboxylic acids is 12. The van der Waals surface area contributed by atoms with Crippen molar-refractivity contribution in [2.75, 3.05) is 63.0 Å². The molecule has 0 aliphatic heterocycles. The molecule has 526 valence electrons. The molecule has 0 aromatic carbocycles. The molecule has 0 saturated carbocycles. The molecule has 0 spiro atoms. The van der Waals surface area contributed by atoms with Crippen molar-refractivity contribution in [1.82, 2.24) is 50.2 Å². The van der Waals surface area contributed by atoms with Crippen LogP contribution < -0.4 is 21.7 Å². The summed E-state index contributed by atoms with van der Waals surface area (Å²) in [4.78, 5) is 177. The average molecular weight is 1300 g/mol. The molecule has 0 aromatic heterocycles. The van der Waals surface area contributed by atoms with Crippen molar-refractivity contribution < 1.29 is 67.0 Å². The summed E-state index contributed by atoms with van der Waals surface area (Å²) in [5.74, 6) is -9.25. The first-order valence-corrected chi connectivity index (χ1v) is 32.5. The van der Waals surface area contributed by atoms with E-state index in [1.54, 1.807) is 67.7 Å². The summed E-state index contributed by atoms with van der Waals surface area (Å²) in [5.41, 5.74) is 6.16. The molecule has 25 nitrogen and oxygen atoms in total. The Kier molecular flexibility index (Phi) is 37.2. The third kappa shape index (κ3) is 26.2. The second kappa shape index (κ2) is 40.2. The molecule has 5 N–H and O–H groups in total. The number of likely N-dealkylation sites (N-methyl/N-ethyl adjacent to an activating group) is 7. The van der Waals surface area contributed by atoms with Crippen LogP contribution >= 0.6 is 0 Å². The molecule has 10 amide bonds. The van der Waals surface area contributed by atoms with Gasteiger partial charge in [-0.05, 0) is 101 Å². The number of carbonyl (C=O) groups is 12. The Hall–Kier alpha value is -6.92. The number of hydrogen-bond acceptors (Lipinski definition) is 15. The van der Waals surface area contributed by atoms with Crippen molar-refractivity contribution in [2.24, 2.45) is 47.2 Å². The van der Waals surface area contributed by atoms with Crippen molar-refractivity contribution in [3.8, 4) is 0 Å². The molecule has 0 aromatic rings. The summed E-state index contributed by atoms with van der Waals surface area (Å²) in [6.45, 7) is 31.1. The molecule has 92 heavy (non-hydrogen) atoms. The van der Waals surface area contributed by atoms with Gasteiger partial charge in [-0.25, -0.2) is 4.79 Å². The number of nitrogens with two attached hydrogens (primary N) is 1. The fourth-order valence-electron chi connectivity index (χ4n) is 10.8. The van der Waals surface area contributed by atoms with Gasteiger partial charge in [-0.2, -0.15) is 0 Å². The Morgan fingerprint density at radius 3 is 1.40 bits per heavy atom. The summed E-state index contributed by atoms with van der Waals surface area (Å²) in [7, 11) is 11.4. The van der Waals surface area contributed by atoms with Gasteiger partial charge in [-0.3, -0.25) is 52.7 Å². The SMILES string of the molecule is C/C=C/C[C@@H](C)[C@@H](OC(C)=O)[C@@H](C(=O)N[C@@H](CC)C(=O)N(C)CC(=O)N(C)[C@H](/C=C/C(=O)OC)CC(C)C)N(C)C(=O)[C@H](C(C)C)N(C)C(=O)[C@H](CC(C)C)N(C)C(=O)[C@H](CC(C)C)N(C)C(=O)[C@@H](C)NC(=O)[C@H](C)NC(=O)[C@H](CC(C)C)N(C)C(=O)[C@@H](N)C(C)C. The fourth-order valence-corrected chi connectivity index (χ4v) is 10.8. The average Bonchev–Trinajstić information content (AvgIpc) is 0.822. The maximum Gasteiger partial charge on any atom is 0.330 e. The van der Waals surface area contributed by atoms with Crippen molar-refractivity contribution >= 4 is 71.0 Å². The van der Waals surface area contributed by atoms with Gasteiger partial charge >= 0.3 is 11.9 Å². The van der Waals surface area contributed by atoms with E-state index in [-0.39, 0.29) is 55.3 Å². The Morgan fingerprint density at radius 1 is 0.500 bits per heavy atom. The molecule has 25 heteroatoms. The Morgan fingerprint density at radius 2 is 0.957 bits per heavy atom. The maximum atomic E-state index is 15.4. The minimum Gasteiger partial charge on any atom is -0.466 e. The molecule has 0 heterocycles. The number of nitrogens with zero attached hydrogens (tertiary/aromatic N) is 7. The monoisotopic (exact) mass is 1300 g/mol. The Balaban J connectivity index is 7.34. The van der Waals surface area contributed by atoms with Crippen LogP contribution in [-0.2, 0) is 67.0 Å². The van der Waals surface area contributed by atoms with Gasteiger partial charge in [0.25, 0.3) is 0 Å². The van der Waals surface area contributed by atoms with Crippen molar-refractivity contribution in [1.29, 1.82) is 0 Å². The molecule has 0 rings (SSSR count). The quantitative estimate of drug-likeness (QED) is 0.0378. The van der Waals surface area contributed by atoms with E-state index < -0.39 is 156 Å². The minimum atomic E-state index is -1.59. The highest BCUT2D eigenvalue weighted by Crippen LogP contribution is 2.27. The lowest BCUT2D eigenvalue weighted by atomic mass is 9.91. The normalized spacial score (nSPS) is 15.7. The molecular weight excluding hydrogens is 1180 g/mol. The molecule has 0 fully saturated rings. The van der Waals surface area contributed by atoms with E-state index in [4.69, 9.17) is 15.2 Å². The lowest BCUT2D eigenvalue weighted by Crippen LogP contribution is -2.64. The van der Waals surface area contributed by atoms with Crippen LogP contribution in [0.1, 0.15) is 163 Å². The zero-order valence-corrected chi connectivity index (χ0v) is 60.6. The molecule has 0 bridgehead atoms. The molecular formula is C67H119N11O14. The molecule has 0 aliphatic carbocycles. The summed E-state index contributed by atoms with van der Waals surface area (Å²) >= 11 is 0. The summed E-state index contributed by atoms with van der Waals surface area (Å²) in [6.07, 6.45) is 6.49. The molecule has 0 unspecified atom stereocenters. The van der Waals surface area contributed by atoms with E-state index in [1.165, 1.54) is 106 Å². The minimum absolute atomic E-state index is 0.00431. The molecule has 0 radical (unpaired) electrons. The maximum absolute atomic E-state index is 15.4. The van der Waals surface area contributed by atoms with Crippen LogP contribution in [0.3, 0.4) is 0 Å². The largest absolute Gasteiger partial charge is 0.466 e. The fraction of sp³-hybridized carbons (Fsp3) is 0.761. The van der Waals surface area contributed by atoms with Gasteiger partial charge in [-0.15, -0.1) is 0 Å². The van der Waals surface area contributed by atoms with Crippen molar-refractivity contribution in [3.05, 3.63) is 24.3 Å². The second-order valence-electron chi connectivity index (χ2n) is 27.1. The van der Waals surface area contributed by atoms with Crippen LogP contribution in [0.15, 0.2) is 24.3 Å². The van der Waals surface area contributed by atoms with E-state index in [0.717, 1.165) is 4.90 Å². The summed E-state index contributed by atoms with van der Waals surface area (Å²) in [6, 6.07) is -11.2. The lowest BCUT2D eigenvalue weighted by molar-refractivity contribution is -0.164. The van der Waals surface area contributed by atoms with Gasteiger partial charge < -0.3 is 65.5 Å². The number of hydrogen-bond donors (Lipinski definition) is 4. The standard InChI is InChI=1S/C67H119N11O14/c1-27-29-30-44(15)58(92-47(18)79)57(61(84)71-49(28-2)63(86)72(19)37-53(80)73(20)48(33-38(3)4)31-32-54(81)91-26)78(25)67(90)56(43(13)14)77(24)65(88)52(36-41(9)10)76(23)64(87)51(35-40(7)8)75(22)62(85)46(17)70-59(82)45(16)69-60(83)50(34-39(5)6)74(21)66(89)55(68)42(11)12/h27,29,31-32,38-46,48-52,55-58H,28,30,33-37,68H2,1-26H3,(H,69,83)(H,70,82)(H,71,84)/b29-27+,32-31+/t44-,45+,46-,48-,49+,50+,51+,52+,55+,56+,57+,58-/m1/s1. The van der Waals surface area contributed by atoms with Crippen LogP contribution in [0, 0.1) is 41.4 Å². The zero-order valence-electron chi connectivity index (χ0n) is 60.6. The van der Waals surface area contributed by atoms with Crippen LogP contribution in [0.2, 0.25) is 0 Å². The van der Waals surface area contributed by atoms with E-state index in [1.807, 2.05) is 61.5 Å². The molecule has 0 saturated heterocycles. The predicted octanol–water partition coefficient (Wildman–Crippen LogP) is 4.40. The van der Waals surface area contributed by atoms with Crippen LogP contribution in [0.4, 0.5) is 0 Å². The Labute approximate surface area is 550 Å². The van der Waals surface area contributed by atoms with Crippen LogP contribution in [0.5, 0.6) is 0 Å². The van der Waals surface area contributed by atoms with E-state index in [2.05, 4.69) is 16.0 Å². The smallest absolute Gasteiger partial charge is 0.330 e. The van der Waals surface area contributed by atoms with E-state index in [9.17, 15) is 38.4 Å². The van der Waals surface area contributed by atoms with Gasteiger partial charge in [-0.1, -0.05) is 115 Å². The lowest BCUT2D eigenvalue weighted by Gasteiger charge is -2.42. The number of amides is 10. The third-order valence-electron chi connectivity index (χ3n) is 16.5. The number of allylic oxidation sites excluding steroid dienone is 2. The van der Waals surface area contributed by atoms with Crippen LogP contribution in [-0.4, -0.2) is 235 Å². The van der Waals surface area contributed by atoms with Gasteiger partial charge in [0.15, 0.2) is 0 Å². The van der Waals surface area contributed by atoms with Crippen molar-refractivity contribution in [2.45, 2.75) is 230 Å². The van der Waals surface area contributed by atoms with Gasteiger partial charge in [0.1, 0.15) is 54.4 Å². The van der Waals surface area contributed by atoms with Crippen LogP contribution in [0.25, 0.3) is 0 Å². The van der Waals surface area contributed by atoms with Crippen molar-refractivity contribution in [3.63, 3.8) is 0 Å². The predicted molar refractivity (Wildman–Crippen MR) is 355 cm³/mol. The molecule has 0 aliphatic rings. The number of esters is 2. The Bertz CT molecular complexity index is 2540. The van der Waals surface area contributed by atoms with E-state index in [0.29, 0.717) is 12.8 Å². The molecule has 12 atom stereocenters. The highest BCUT2D eigenvalue weighted by molar-refractivity contribution is 5.99. The van der Waals surface area contributed by atoms with Gasteiger partial charge in [0.2, 0.25) is 59.1 Å². The summed E-state index contributed by atoms with van der Waals surface area (Å²) in [5, 5.41) is 8.14. The van der Waals surface area contributed by atoms with E-state index >= 15 is 19.2 Å². The first-order valence-electron chi connectivity index (χ1n) is 32.5. The first kappa shape index (κ1) is 85.1. The third-order valence-corrected chi connectivity index (χ3v) is 16.5. The zero-order chi connectivity index (χ0) is 71.7. The number of methoxy groups -OCH3 is 1. The van der Waals surface area contributed by atoms with Gasteiger partial charge in [0, 0.05) is 62.3 Å².